The van der Waals surface area contributed by atoms with Crippen LogP contribution in [0.1, 0.15) is 25.0 Å². The second-order valence-electron chi connectivity index (χ2n) is 8.33. The van der Waals surface area contributed by atoms with Crippen molar-refractivity contribution in [2.45, 2.75) is 31.7 Å². The summed E-state index contributed by atoms with van der Waals surface area (Å²) in [7, 11) is 0. The van der Waals surface area contributed by atoms with Crippen LogP contribution < -0.4 is 10.6 Å². The summed E-state index contributed by atoms with van der Waals surface area (Å²) in [6, 6.07) is 7.98. The van der Waals surface area contributed by atoms with Gasteiger partial charge in [0.15, 0.2) is 0 Å². The normalized spacial score (nSPS) is 17.9. The first-order chi connectivity index (χ1) is 16.1. The monoisotopic (exact) mass is 443 g/mol. The van der Waals surface area contributed by atoms with Crippen LogP contribution >= 0.6 is 0 Å². The summed E-state index contributed by atoms with van der Waals surface area (Å²) in [5.74, 6) is -0.215. The second kappa shape index (κ2) is 8.85. The van der Waals surface area contributed by atoms with Gasteiger partial charge in [0, 0.05) is 54.0 Å². The SMILES string of the molecule is C=CC(=O)N[C@@H]1CC[C@@H](C(=O)NCCc2cc3c(-c4cnn5ncccc45)ccnc3[nH]2)C1. The van der Waals surface area contributed by atoms with Crippen molar-refractivity contribution >= 4 is 28.4 Å². The summed E-state index contributed by atoms with van der Waals surface area (Å²) in [6.07, 6.45) is 9.49. The molecular weight excluding hydrogens is 418 g/mol. The lowest BCUT2D eigenvalue weighted by atomic mass is 10.1. The first kappa shape index (κ1) is 20.9. The first-order valence-corrected chi connectivity index (χ1v) is 11.1. The summed E-state index contributed by atoms with van der Waals surface area (Å²) in [5, 5.41) is 15.5. The molecule has 1 aliphatic rings. The average molecular weight is 444 g/mol. The molecule has 1 saturated carbocycles. The molecule has 3 N–H and O–H groups in total. The summed E-state index contributed by atoms with van der Waals surface area (Å²) in [4.78, 5) is 31.9. The Kier molecular flexibility index (Phi) is 5.60. The zero-order valence-corrected chi connectivity index (χ0v) is 18.1. The Bertz CT molecular complexity index is 1340. The molecule has 0 unspecified atom stereocenters. The largest absolute Gasteiger partial charge is 0.355 e. The van der Waals surface area contributed by atoms with Crippen molar-refractivity contribution in [2.24, 2.45) is 5.92 Å². The molecule has 9 heteroatoms. The van der Waals surface area contributed by atoms with Gasteiger partial charge in [-0.3, -0.25) is 9.59 Å². The van der Waals surface area contributed by atoms with Gasteiger partial charge in [-0.15, -0.1) is 0 Å². The number of aromatic nitrogens is 5. The van der Waals surface area contributed by atoms with Crippen molar-refractivity contribution in [3.63, 3.8) is 0 Å². The van der Waals surface area contributed by atoms with Gasteiger partial charge in [-0.05, 0) is 55.2 Å². The van der Waals surface area contributed by atoms with Crippen LogP contribution in [-0.4, -0.2) is 49.2 Å². The Morgan fingerprint density at radius 1 is 1.21 bits per heavy atom. The van der Waals surface area contributed by atoms with Crippen molar-refractivity contribution < 1.29 is 9.59 Å². The molecule has 4 aromatic heterocycles. The van der Waals surface area contributed by atoms with E-state index in [-0.39, 0.29) is 23.8 Å². The molecule has 2 atom stereocenters. The lowest BCUT2D eigenvalue weighted by molar-refractivity contribution is -0.125. The minimum atomic E-state index is -0.187. The fraction of sp³-hybridized carbons (Fsp3) is 0.292. The number of carbonyl (C=O) groups is 2. The summed E-state index contributed by atoms with van der Waals surface area (Å²) >= 11 is 0. The molecule has 0 radical (unpaired) electrons. The minimum absolute atomic E-state index is 0.0409. The van der Waals surface area contributed by atoms with Gasteiger partial charge in [0.2, 0.25) is 11.8 Å². The van der Waals surface area contributed by atoms with E-state index in [1.54, 1.807) is 17.0 Å². The molecule has 4 aromatic rings. The van der Waals surface area contributed by atoms with Crippen LogP contribution in [0.4, 0.5) is 0 Å². The molecule has 9 nitrogen and oxygen atoms in total. The average Bonchev–Trinajstić information content (AvgIpc) is 3.56. The smallest absolute Gasteiger partial charge is 0.243 e. The highest BCUT2D eigenvalue weighted by molar-refractivity contribution is 5.97. The van der Waals surface area contributed by atoms with E-state index in [4.69, 9.17) is 0 Å². The third-order valence-electron chi connectivity index (χ3n) is 6.21. The van der Waals surface area contributed by atoms with E-state index in [2.05, 4.69) is 43.4 Å². The van der Waals surface area contributed by atoms with Crippen molar-refractivity contribution in [1.29, 1.82) is 0 Å². The number of aromatic amines is 1. The molecule has 1 aliphatic carbocycles. The van der Waals surface area contributed by atoms with Gasteiger partial charge in [0.05, 0.1) is 11.7 Å². The van der Waals surface area contributed by atoms with Gasteiger partial charge >= 0.3 is 0 Å². The van der Waals surface area contributed by atoms with E-state index < -0.39 is 0 Å². The molecule has 2 amide bonds. The minimum Gasteiger partial charge on any atom is -0.355 e. The summed E-state index contributed by atoms with van der Waals surface area (Å²) in [5.41, 5.74) is 4.76. The van der Waals surface area contributed by atoms with E-state index in [0.717, 1.165) is 46.2 Å². The van der Waals surface area contributed by atoms with Crippen molar-refractivity contribution in [2.75, 3.05) is 6.54 Å². The number of hydrogen-bond acceptors (Lipinski definition) is 5. The number of carbonyl (C=O) groups excluding carboxylic acids is 2. The molecule has 5 rings (SSSR count). The Morgan fingerprint density at radius 3 is 3.00 bits per heavy atom. The van der Waals surface area contributed by atoms with Crippen LogP contribution in [0.5, 0.6) is 0 Å². The number of fused-ring (bicyclic) bond motifs is 2. The Hall–Kier alpha value is -4.01. The van der Waals surface area contributed by atoms with Gasteiger partial charge in [0.1, 0.15) is 5.65 Å². The highest BCUT2D eigenvalue weighted by Crippen LogP contribution is 2.31. The van der Waals surface area contributed by atoms with Crippen LogP contribution in [0.3, 0.4) is 0 Å². The van der Waals surface area contributed by atoms with E-state index >= 15 is 0 Å². The number of nitrogens with zero attached hydrogens (tertiary/aromatic N) is 4. The maximum atomic E-state index is 12.6. The van der Waals surface area contributed by atoms with Crippen LogP contribution in [0, 0.1) is 5.92 Å². The van der Waals surface area contributed by atoms with Gasteiger partial charge in [-0.2, -0.15) is 14.8 Å². The molecule has 0 aromatic carbocycles. The van der Waals surface area contributed by atoms with Gasteiger partial charge in [-0.25, -0.2) is 4.98 Å². The molecule has 0 spiro atoms. The van der Waals surface area contributed by atoms with E-state index in [0.29, 0.717) is 19.4 Å². The maximum Gasteiger partial charge on any atom is 0.243 e. The Balaban J connectivity index is 1.24. The van der Waals surface area contributed by atoms with Crippen molar-refractivity contribution in [1.82, 2.24) is 35.4 Å². The van der Waals surface area contributed by atoms with E-state index in [9.17, 15) is 9.59 Å². The van der Waals surface area contributed by atoms with Crippen LogP contribution in [-0.2, 0) is 16.0 Å². The van der Waals surface area contributed by atoms with E-state index in [1.165, 1.54) is 6.08 Å². The highest BCUT2D eigenvalue weighted by Gasteiger charge is 2.30. The third kappa shape index (κ3) is 4.21. The Labute approximate surface area is 190 Å². The molecule has 0 bridgehead atoms. The highest BCUT2D eigenvalue weighted by atomic mass is 16.2. The molecule has 1 fully saturated rings. The van der Waals surface area contributed by atoms with Gasteiger partial charge in [0.25, 0.3) is 0 Å². The molecule has 0 saturated heterocycles. The molecular formula is C24H25N7O2. The van der Waals surface area contributed by atoms with Gasteiger partial charge < -0.3 is 15.6 Å². The fourth-order valence-electron chi connectivity index (χ4n) is 4.57. The molecule has 168 valence electrons. The summed E-state index contributed by atoms with van der Waals surface area (Å²) in [6.45, 7) is 4.00. The predicted octanol–water partition coefficient (Wildman–Crippen LogP) is 2.40. The summed E-state index contributed by atoms with van der Waals surface area (Å²) < 4.78 is 1.61. The quantitative estimate of drug-likeness (QED) is 0.379. The number of amides is 2. The lowest BCUT2D eigenvalue weighted by Crippen LogP contribution is -2.34. The standard InChI is InChI=1S/C24H25N7O2/c1-2-22(32)29-16-6-5-15(12-16)24(33)26-10-7-17-13-19-18(8-11-25-23(19)30-17)20-14-28-31-21(20)4-3-9-27-31/h2-4,8-9,11,13-16H,1,5-7,10,12H2,(H,25,30)(H,26,33)(H,29,32)/t15-,16-/m1/s1. The fourth-order valence-corrected chi connectivity index (χ4v) is 4.57. The Morgan fingerprint density at radius 2 is 2.12 bits per heavy atom. The number of rotatable bonds is 7. The van der Waals surface area contributed by atoms with Crippen molar-refractivity contribution in [3.8, 4) is 11.1 Å². The lowest BCUT2D eigenvalue weighted by Gasteiger charge is -2.12. The van der Waals surface area contributed by atoms with Crippen LogP contribution in [0.25, 0.3) is 27.7 Å². The first-order valence-electron chi connectivity index (χ1n) is 11.1. The topological polar surface area (TPSA) is 117 Å². The van der Waals surface area contributed by atoms with Crippen molar-refractivity contribution in [3.05, 3.63) is 61.2 Å². The zero-order valence-electron chi connectivity index (χ0n) is 18.1. The zero-order chi connectivity index (χ0) is 22.8. The second-order valence-corrected chi connectivity index (χ2v) is 8.33. The molecule has 33 heavy (non-hydrogen) atoms. The van der Waals surface area contributed by atoms with E-state index in [1.807, 2.05) is 24.4 Å². The molecule has 0 aliphatic heterocycles. The van der Waals surface area contributed by atoms with Crippen LogP contribution in [0.15, 0.2) is 55.5 Å². The number of hydrogen-bond donors (Lipinski definition) is 3. The van der Waals surface area contributed by atoms with Gasteiger partial charge in [-0.1, -0.05) is 6.58 Å². The third-order valence-corrected chi connectivity index (χ3v) is 6.21. The van der Waals surface area contributed by atoms with Crippen LogP contribution in [0.2, 0.25) is 0 Å². The number of H-pyrrole nitrogens is 1. The molecule has 4 heterocycles. The predicted molar refractivity (Wildman–Crippen MR) is 124 cm³/mol. The number of pyridine rings is 1. The number of nitrogens with one attached hydrogen (secondary N) is 3. The maximum absolute atomic E-state index is 12.6.